The molecule has 0 bridgehead atoms. The number of amidine groups is 1. The molecule has 31 heavy (non-hydrogen) atoms. The van der Waals surface area contributed by atoms with Gasteiger partial charge in [-0.15, -0.1) is 0 Å². The Hall–Kier alpha value is -2.45. The van der Waals surface area contributed by atoms with Crippen LogP contribution in [0, 0.1) is 5.92 Å². The van der Waals surface area contributed by atoms with E-state index in [2.05, 4.69) is 34.8 Å². The number of hydrogen-bond donors (Lipinski definition) is 1. The van der Waals surface area contributed by atoms with Crippen molar-refractivity contribution in [2.45, 2.75) is 20.8 Å². The summed E-state index contributed by atoms with van der Waals surface area (Å²) in [6.07, 6.45) is 1.68. The Morgan fingerprint density at radius 1 is 1.26 bits per heavy atom. The summed E-state index contributed by atoms with van der Waals surface area (Å²) in [5.74, 6) is 1.25. The van der Waals surface area contributed by atoms with Crippen LogP contribution in [-0.4, -0.2) is 41.3 Å². The first kappa shape index (κ1) is 23.2. The molecule has 0 atom stereocenters. The van der Waals surface area contributed by atoms with E-state index in [1.165, 1.54) is 11.8 Å². The van der Waals surface area contributed by atoms with Crippen molar-refractivity contribution in [3.8, 4) is 17.2 Å². The molecule has 3 rings (SSSR count). The molecule has 0 saturated carbocycles. The molecule has 2 aromatic rings. The van der Waals surface area contributed by atoms with E-state index >= 15 is 0 Å². The van der Waals surface area contributed by atoms with Crippen LogP contribution in [0.2, 0.25) is 0 Å². The van der Waals surface area contributed by atoms with Gasteiger partial charge in [0.15, 0.2) is 16.7 Å². The number of ether oxygens (including phenoxy) is 2. The second-order valence-electron chi connectivity index (χ2n) is 7.29. The summed E-state index contributed by atoms with van der Waals surface area (Å²) >= 11 is 4.73. The van der Waals surface area contributed by atoms with E-state index in [4.69, 9.17) is 9.47 Å². The smallest absolute Gasteiger partial charge is 0.266 e. The number of carbonyl (C=O) groups is 1. The summed E-state index contributed by atoms with van der Waals surface area (Å²) in [4.78, 5) is 20.0. The maximum atomic E-state index is 13.2. The third kappa shape index (κ3) is 5.62. The van der Waals surface area contributed by atoms with Crippen LogP contribution in [0.1, 0.15) is 26.3 Å². The minimum atomic E-state index is -0.136. The van der Waals surface area contributed by atoms with Gasteiger partial charge in [-0.05, 0) is 67.1 Å². The van der Waals surface area contributed by atoms with Crippen molar-refractivity contribution in [1.82, 2.24) is 4.90 Å². The Bertz CT molecular complexity index is 1020. The predicted octanol–water partition coefficient (Wildman–Crippen LogP) is 5.82. The molecule has 1 aliphatic heterocycles. The van der Waals surface area contributed by atoms with Gasteiger partial charge in [0, 0.05) is 16.6 Å². The normalized spacial score (nSPS) is 16.6. The van der Waals surface area contributed by atoms with E-state index in [1.807, 2.05) is 31.2 Å². The van der Waals surface area contributed by atoms with Crippen LogP contribution >= 0.6 is 27.7 Å². The van der Waals surface area contributed by atoms with E-state index in [0.29, 0.717) is 34.5 Å². The molecule has 1 N–H and O–H groups in total. The Morgan fingerprint density at radius 2 is 1.97 bits per heavy atom. The molecule has 1 aliphatic rings. The monoisotopic (exact) mass is 504 g/mol. The maximum Gasteiger partial charge on any atom is 0.266 e. The van der Waals surface area contributed by atoms with E-state index in [9.17, 15) is 9.90 Å². The second kappa shape index (κ2) is 10.2. The summed E-state index contributed by atoms with van der Waals surface area (Å²) in [5, 5.41) is 11.2. The lowest BCUT2D eigenvalue weighted by molar-refractivity contribution is -0.122. The molecule has 1 fully saturated rings. The van der Waals surface area contributed by atoms with Gasteiger partial charge in [-0.3, -0.25) is 9.69 Å². The van der Waals surface area contributed by atoms with E-state index in [-0.39, 0.29) is 17.6 Å². The molecule has 0 unspecified atom stereocenters. The number of carbonyl (C=O) groups excluding carboxylic acids is 1. The number of phenols is 1. The first-order valence-electron chi connectivity index (χ1n) is 9.91. The van der Waals surface area contributed by atoms with Gasteiger partial charge in [0.2, 0.25) is 0 Å². The van der Waals surface area contributed by atoms with Gasteiger partial charge in [-0.25, -0.2) is 4.99 Å². The highest BCUT2D eigenvalue weighted by Gasteiger charge is 2.34. The minimum Gasteiger partial charge on any atom is -0.504 e. The van der Waals surface area contributed by atoms with Crippen LogP contribution < -0.4 is 9.47 Å². The molecular formula is C23H25BrN2O4S. The lowest BCUT2D eigenvalue weighted by Gasteiger charge is -2.17. The molecule has 164 valence electrons. The number of hydrogen-bond acceptors (Lipinski definition) is 6. The Labute approximate surface area is 195 Å². The van der Waals surface area contributed by atoms with E-state index in [1.54, 1.807) is 30.2 Å². The highest BCUT2D eigenvalue weighted by Crippen LogP contribution is 2.39. The predicted molar refractivity (Wildman–Crippen MR) is 129 cm³/mol. The van der Waals surface area contributed by atoms with Crippen molar-refractivity contribution in [3.63, 3.8) is 0 Å². The van der Waals surface area contributed by atoms with Crippen LogP contribution in [0.15, 0.2) is 50.8 Å². The van der Waals surface area contributed by atoms with Crippen molar-refractivity contribution in [2.75, 3.05) is 20.3 Å². The average molecular weight is 505 g/mol. The molecule has 8 heteroatoms. The number of phenolic OH excluding ortho intramolecular Hbond substituents is 1. The van der Waals surface area contributed by atoms with Gasteiger partial charge >= 0.3 is 0 Å². The number of amides is 1. The summed E-state index contributed by atoms with van der Waals surface area (Å²) in [6.45, 7) is 6.93. The standard InChI is InChI=1S/C23H25BrN2O4S/c1-5-30-19-12-16(24)10-15(21(19)27)11-20-22(28)26(13-14(2)3)23(31-20)25-17-6-8-18(29-4)9-7-17/h6-12,14,27H,5,13H2,1-4H3/b20-11-,25-23?. The Balaban J connectivity index is 1.99. The summed E-state index contributed by atoms with van der Waals surface area (Å²) < 4.78 is 11.4. The van der Waals surface area contributed by atoms with Gasteiger partial charge in [-0.2, -0.15) is 0 Å². The zero-order chi connectivity index (χ0) is 22.5. The zero-order valence-electron chi connectivity index (χ0n) is 17.9. The fourth-order valence-electron chi connectivity index (χ4n) is 3.00. The van der Waals surface area contributed by atoms with Crippen LogP contribution in [0.4, 0.5) is 5.69 Å². The van der Waals surface area contributed by atoms with Crippen molar-refractivity contribution in [2.24, 2.45) is 10.9 Å². The van der Waals surface area contributed by atoms with Crippen molar-refractivity contribution in [1.29, 1.82) is 0 Å². The lowest BCUT2D eigenvalue weighted by atomic mass is 10.1. The van der Waals surface area contributed by atoms with Crippen LogP contribution in [0.3, 0.4) is 0 Å². The number of nitrogens with zero attached hydrogens (tertiary/aromatic N) is 2. The SMILES string of the molecule is CCOc1cc(Br)cc(/C=C2\SC(=Nc3ccc(OC)cc3)N(CC(C)C)C2=O)c1O. The van der Waals surface area contributed by atoms with Crippen molar-refractivity contribution >= 4 is 50.5 Å². The first-order valence-corrected chi connectivity index (χ1v) is 11.5. The van der Waals surface area contributed by atoms with Gasteiger partial charge in [0.05, 0.1) is 24.3 Å². The third-order valence-corrected chi connectivity index (χ3v) is 5.85. The molecular weight excluding hydrogens is 480 g/mol. The summed E-state index contributed by atoms with van der Waals surface area (Å²) in [7, 11) is 1.61. The number of methoxy groups -OCH3 is 1. The number of thioether (sulfide) groups is 1. The molecule has 1 heterocycles. The van der Waals surface area contributed by atoms with Crippen molar-refractivity contribution < 1.29 is 19.4 Å². The zero-order valence-corrected chi connectivity index (χ0v) is 20.3. The maximum absolute atomic E-state index is 13.2. The van der Waals surface area contributed by atoms with Gasteiger partial charge in [-0.1, -0.05) is 29.8 Å². The summed E-state index contributed by atoms with van der Waals surface area (Å²) in [6, 6.07) is 10.8. The number of rotatable bonds is 7. The fraction of sp³-hybridized carbons (Fsp3) is 0.304. The molecule has 1 saturated heterocycles. The average Bonchev–Trinajstić information content (AvgIpc) is 3.00. The number of halogens is 1. The Morgan fingerprint density at radius 3 is 2.58 bits per heavy atom. The molecule has 0 spiro atoms. The molecule has 1 amide bonds. The van der Waals surface area contributed by atoms with Crippen LogP contribution in [0.25, 0.3) is 6.08 Å². The topological polar surface area (TPSA) is 71.4 Å². The molecule has 6 nitrogen and oxygen atoms in total. The molecule has 2 aromatic carbocycles. The lowest BCUT2D eigenvalue weighted by Crippen LogP contribution is -2.32. The van der Waals surface area contributed by atoms with Crippen LogP contribution in [0.5, 0.6) is 17.2 Å². The van der Waals surface area contributed by atoms with E-state index < -0.39 is 0 Å². The fourth-order valence-corrected chi connectivity index (χ4v) is 4.45. The molecule has 0 aromatic heterocycles. The quantitative estimate of drug-likeness (QED) is 0.480. The molecule has 0 aliphatic carbocycles. The first-order chi connectivity index (χ1) is 14.8. The largest absolute Gasteiger partial charge is 0.504 e. The number of aliphatic imine (C=N–C) groups is 1. The summed E-state index contributed by atoms with van der Waals surface area (Å²) in [5.41, 5.74) is 1.24. The van der Waals surface area contributed by atoms with E-state index in [0.717, 1.165) is 15.9 Å². The molecule has 0 radical (unpaired) electrons. The highest BCUT2D eigenvalue weighted by atomic mass is 79.9. The van der Waals surface area contributed by atoms with Crippen molar-refractivity contribution in [3.05, 3.63) is 51.3 Å². The number of benzene rings is 2. The third-order valence-electron chi connectivity index (χ3n) is 4.39. The minimum absolute atomic E-state index is 0.00176. The van der Waals surface area contributed by atoms with Crippen LogP contribution in [-0.2, 0) is 4.79 Å². The van der Waals surface area contributed by atoms with Gasteiger partial charge in [0.1, 0.15) is 5.75 Å². The van der Waals surface area contributed by atoms with Gasteiger partial charge < -0.3 is 14.6 Å². The number of aromatic hydroxyl groups is 1. The second-order valence-corrected chi connectivity index (χ2v) is 9.21. The highest BCUT2D eigenvalue weighted by molar-refractivity contribution is 9.10. The van der Waals surface area contributed by atoms with Gasteiger partial charge in [0.25, 0.3) is 5.91 Å². The Kier molecular flexibility index (Phi) is 7.67.